The highest BCUT2D eigenvalue weighted by Crippen LogP contribution is 2.29. The smallest absolute Gasteiger partial charge is 0.285 e. The van der Waals surface area contributed by atoms with Crippen molar-refractivity contribution in [2.24, 2.45) is 0 Å². The van der Waals surface area contributed by atoms with Gasteiger partial charge >= 0.3 is 6.18 Å². The van der Waals surface area contributed by atoms with Crippen LogP contribution in [0.4, 0.5) is 13.2 Å². The van der Waals surface area contributed by atoms with Crippen LogP contribution in [0, 0.1) is 0 Å². The van der Waals surface area contributed by atoms with Gasteiger partial charge in [-0.15, -0.1) is 0 Å². The summed E-state index contributed by atoms with van der Waals surface area (Å²) in [5, 5.41) is 3.91. The largest absolute Gasteiger partial charge is 0.417 e. The quantitative estimate of drug-likeness (QED) is 0.674. The molecule has 0 aliphatic heterocycles. The van der Waals surface area contributed by atoms with E-state index >= 15 is 0 Å². The zero-order valence-electron chi connectivity index (χ0n) is 11.0. The summed E-state index contributed by atoms with van der Waals surface area (Å²) < 4.78 is 68.4. The third-order valence-electron chi connectivity index (χ3n) is 2.74. The molecule has 1 N–H and O–H groups in total. The lowest BCUT2D eigenvalue weighted by Crippen LogP contribution is -2.40. The second-order valence-corrected chi connectivity index (χ2v) is 5.97. The van der Waals surface area contributed by atoms with Gasteiger partial charge in [-0.3, -0.25) is 9.54 Å². The molecule has 0 aliphatic carbocycles. The van der Waals surface area contributed by atoms with Crippen molar-refractivity contribution in [3.63, 3.8) is 0 Å². The molecule has 0 fully saturated rings. The molecule has 0 atom stereocenters. The highest BCUT2D eigenvalue weighted by molar-refractivity contribution is 7.85. The number of hydrogen-bond acceptors (Lipinski definition) is 4. The van der Waals surface area contributed by atoms with E-state index in [0.717, 1.165) is 12.3 Å². The van der Waals surface area contributed by atoms with E-state index in [0.29, 0.717) is 11.3 Å². The Morgan fingerprint density at radius 3 is 2.36 bits per heavy atom. The number of alkyl halides is 3. The fraction of sp³-hybridized carbons (Fsp3) is 0.250. The number of hydrogen-bond donors (Lipinski definition) is 1. The van der Waals surface area contributed by atoms with Crippen molar-refractivity contribution in [1.82, 2.24) is 10.1 Å². The average molecular weight is 334 g/mol. The predicted octanol–water partition coefficient (Wildman–Crippen LogP) is 1.34. The van der Waals surface area contributed by atoms with Gasteiger partial charge in [-0.1, -0.05) is 4.68 Å². The van der Waals surface area contributed by atoms with E-state index < -0.39 is 27.6 Å². The van der Waals surface area contributed by atoms with Gasteiger partial charge in [-0.25, -0.2) is 0 Å². The van der Waals surface area contributed by atoms with E-state index in [1.807, 2.05) is 0 Å². The van der Waals surface area contributed by atoms with E-state index in [1.165, 1.54) is 29.2 Å². The van der Waals surface area contributed by atoms with E-state index in [-0.39, 0.29) is 6.54 Å². The summed E-state index contributed by atoms with van der Waals surface area (Å²) in [4.78, 5) is 3.73. The number of pyridine rings is 1. The van der Waals surface area contributed by atoms with Gasteiger partial charge in [0.25, 0.3) is 10.1 Å². The Kier molecular flexibility index (Phi) is 4.42. The van der Waals surface area contributed by atoms with Crippen LogP contribution in [0.3, 0.4) is 0 Å². The molecule has 118 valence electrons. The molecule has 22 heavy (non-hydrogen) atoms. The lowest BCUT2D eigenvalue weighted by Gasteiger charge is -2.06. The predicted molar refractivity (Wildman–Crippen MR) is 69.1 cm³/mol. The molecular formula is C12H11F3N3O3S+. The number of aryl methyl sites for hydroxylation is 1. The van der Waals surface area contributed by atoms with Crippen molar-refractivity contribution in [3.8, 4) is 11.3 Å². The molecule has 0 saturated heterocycles. The summed E-state index contributed by atoms with van der Waals surface area (Å²) in [5.74, 6) is -0.484. The molecule has 0 saturated carbocycles. The van der Waals surface area contributed by atoms with Crippen LogP contribution < -0.4 is 4.68 Å². The van der Waals surface area contributed by atoms with Crippen molar-refractivity contribution in [2.75, 3.05) is 5.75 Å². The molecule has 0 aromatic carbocycles. The van der Waals surface area contributed by atoms with Gasteiger partial charge in [0, 0.05) is 17.8 Å². The number of nitrogens with zero attached hydrogens (tertiary/aromatic N) is 3. The van der Waals surface area contributed by atoms with E-state index in [2.05, 4.69) is 10.1 Å². The van der Waals surface area contributed by atoms with Crippen molar-refractivity contribution in [1.29, 1.82) is 0 Å². The van der Waals surface area contributed by atoms with Crippen LogP contribution in [0.5, 0.6) is 0 Å². The van der Waals surface area contributed by atoms with E-state index in [9.17, 15) is 21.6 Å². The van der Waals surface area contributed by atoms with Crippen LogP contribution in [0.1, 0.15) is 5.56 Å². The first-order chi connectivity index (χ1) is 10.1. The minimum absolute atomic E-state index is 0.0421. The first kappa shape index (κ1) is 16.3. The fourth-order valence-electron chi connectivity index (χ4n) is 1.61. The zero-order valence-corrected chi connectivity index (χ0v) is 11.8. The molecule has 2 heterocycles. The van der Waals surface area contributed by atoms with Gasteiger partial charge in [0.15, 0.2) is 12.7 Å². The van der Waals surface area contributed by atoms with Gasteiger partial charge in [-0.05, 0) is 17.2 Å². The van der Waals surface area contributed by atoms with Crippen molar-refractivity contribution < 1.29 is 30.8 Å². The van der Waals surface area contributed by atoms with Gasteiger partial charge in [0.2, 0.25) is 0 Å². The Morgan fingerprint density at radius 2 is 1.91 bits per heavy atom. The lowest BCUT2D eigenvalue weighted by atomic mass is 10.2. The molecule has 0 aliphatic rings. The lowest BCUT2D eigenvalue weighted by molar-refractivity contribution is -0.750. The van der Waals surface area contributed by atoms with Gasteiger partial charge in [-0.2, -0.15) is 21.6 Å². The average Bonchev–Trinajstić information content (AvgIpc) is 2.44. The van der Waals surface area contributed by atoms with Crippen LogP contribution >= 0.6 is 0 Å². The van der Waals surface area contributed by atoms with Crippen molar-refractivity contribution in [2.45, 2.75) is 12.7 Å². The molecule has 2 aromatic rings. The molecule has 6 nitrogen and oxygen atoms in total. The summed E-state index contributed by atoms with van der Waals surface area (Å²) in [7, 11) is -4.08. The first-order valence-electron chi connectivity index (χ1n) is 6.00. The summed E-state index contributed by atoms with van der Waals surface area (Å²) >= 11 is 0. The molecule has 0 amide bonds. The van der Waals surface area contributed by atoms with Crippen LogP contribution in [0.25, 0.3) is 11.3 Å². The minimum atomic E-state index is -4.45. The van der Waals surface area contributed by atoms with Gasteiger partial charge in [0.05, 0.1) is 11.3 Å². The molecule has 0 radical (unpaired) electrons. The zero-order chi connectivity index (χ0) is 16.4. The Bertz CT molecular complexity index is 744. The molecule has 0 bridgehead atoms. The topological polar surface area (TPSA) is 84.0 Å². The maximum absolute atomic E-state index is 12.4. The fourth-order valence-corrected chi connectivity index (χ4v) is 2.03. The maximum atomic E-state index is 12.4. The summed E-state index contributed by atoms with van der Waals surface area (Å²) in [6.45, 7) is -0.0421. The Morgan fingerprint density at radius 1 is 1.18 bits per heavy atom. The molecule has 0 spiro atoms. The second-order valence-electron chi connectivity index (χ2n) is 4.39. The van der Waals surface area contributed by atoms with Gasteiger partial charge < -0.3 is 0 Å². The van der Waals surface area contributed by atoms with Crippen molar-refractivity contribution in [3.05, 3.63) is 42.4 Å². The number of halogens is 3. The second kappa shape index (κ2) is 5.97. The molecule has 10 heteroatoms. The highest BCUT2D eigenvalue weighted by Gasteiger charge is 2.30. The monoisotopic (exact) mass is 334 g/mol. The third kappa shape index (κ3) is 4.46. The third-order valence-corrected chi connectivity index (χ3v) is 3.43. The van der Waals surface area contributed by atoms with E-state index in [1.54, 1.807) is 0 Å². The van der Waals surface area contributed by atoms with E-state index in [4.69, 9.17) is 4.55 Å². The van der Waals surface area contributed by atoms with Crippen LogP contribution in [-0.2, 0) is 22.8 Å². The Hall–Kier alpha value is -2.07. The van der Waals surface area contributed by atoms with Crippen LogP contribution in [0.15, 0.2) is 36.8 Å². The first-order valence-corrected chi connectivity index (χ1v) is 7.61. The van der Waals surface area contributed by atoms with Crippen LogP contribution in [0.2, 0.25) is 0 Å². The molecule has 2 aromatic heterocycles. The molecular weight excluding hydrogens is 323 g/mol. The standard InChI is InChI=1S/C12H10F3N3O3S/c13-12(14,15)10-1-2-11(16-8-10)9-3-4-18(17-7-9)5-6-22(19,20)21/h1-4,7-8H,5-6H2/p+1. The van der Waals surface area contributed by atoms with Gasteiger partial charge in [0.1, 0.15) is 11.9 Å². The minimum Gasteiger partial charge on any atom is -0.285 e. The summed E-state index contributed by atoms with van der Waals surface area (Å²) in [6.07, 6.45) is -0.923. The summed E-state index contributed by atoms with van der Waals surface area (Å²) in [5.41, 5.74) is -0.0531. The number of aromatic nitrogens is 3. The number of rotatable bonds is 4. The SMILES string of the molecule is O=S(=O)(O)CC[n+]1ccc(-c2ccc(C(F)(F)F)cn2)cn1. The summed E-state index contributed by atoms with van der Waals surface area (Å²) in [6, 6.07) is 3.68. The molecule has 2 rings (SSSR count). The highest BCUT2D eigenvalue weighted by atomic mass is 32.2. The van der Waals surface area contributed by atoms with Crippen LogP contribution in [-0.4, -0.2) is 28.8 Å². The molecule has 0 unspecified atom stereocenters. The Labute approximate surface area is 124 Å². The maximum Gasteiger partial charge on any atom is 0.417 e. The van der Waals surface area contributed by atoms with Crippen molar-refractivity contribution >= 4 is 10.1 Å². The Balaban J connectivity index is 2.13. The normalized spacial score (nSPS) is 12.4.